The summed E-state index contributed by atoms with van der Waals surface area (Å²) in [6.45, 7) is 5.50. The lowest BCUT2D eigenvalue weighted by molar-refractivity contribution is -0.152. The SMILES string of the molecule is CCOC(=O)[C@](N)(CC)[C@@H](c1ccccc1)[C@@H](C)O. The second-order valence-corrected chi connectivity index (χ2v) is 4.74. The third-order valence-corrected chi connectivity index (χ3v) is 3.44. The number of hydrogen-bond acceptors (Lipinski definition) is 4. The van der Waals surface area contributed by atoms with Crippen LogP contribution in [0.5, 0.6) is 0 Å². The predicted molar refractivity (Wildman–Crippen MR) is 74.7 cm³/mol. The van der Waals surface area contributed by atoms with Gasteiger partial charge < -0.3 is 15.6 Å². The Hall–Kier alpha value is -1.39. The highest BCUT2D eigenvalue weighted by Gasteiger charge is 2.45. The molecule has 0 radical (unpaired) electrons. The fraction of sp³-hybridized carbons (Fsp3) is 0.533. The Morgan fingerprint density at radius 2 is 1.95 bits per heavy atom. The van der Waals surface area contributed by atoms with E-state index in [9.17, 15) is 9.90 Å². The fourth-order valence-corrected chi connectivity index (χ4v) is 2.42. The largest absolute Gasteiger partial charge is 0.465 e. The molecule has 3 N–H and O–H groups in total. The number of aliphatic hydroxyl groups excluding tert-OH is 1. The van der Waals surface area contributed by atoms with Gasteiger partial charge in [0.1, 0.15) is 5.54 Å². The van der Waals surface area contributed by atoms with Crippen molar-refractivity contribution in [2.75, 3.05) is 6.61 Å². The van der Waals surface area contributed by atoms with E-state index in [4.69, 9.17) is 10.5 Å². The van der Waals surface area contributed by atoms with Crippen molar-refractivity contribution in [3.8, 4) is 0 Å². The van der Waals surface area contributed by atoms with E-state index in [1.54, 1.807) is 13.8 Å². The van der Waals surface area contributed by atoms with Crippen LogP contribution in [0.4, 0.5) is 0 Å². The molecule has 0 amide bonds. The van der Waals surface area contributed by atoms with Crippen LogP contribution in [-0.2, 0) is 9.53 Å². The standard InChI is InChI=1S/C15H23NO3/c1-4-15(16,14(18)19-5-2)13(11(3)17)12-9-7-6-8-10-12/h6-11,13,17H,4-5,16H2,1-3H3/t11-,13-,15+/m1/s1. The molecule has 4 nitrogen and oxygen atoms in total. The summed E-state index contributed by atoms with van der Waals surface area (Å²) in [4.78, 5) is 12.2. The van der Waals surface area contributed by atoms with Crippen LogP contribution in [0, 0.1) is 0 Å². The molecule has 1 rings (SSSR count). The number of benzene rings is 1. The van der Waals surface area contributed by atoms with E-state index in [1.807, 2.05) is 37.3 Å². The van der Waals surface area contributed by atoms with Crippen molar-refractivity contribution in [3.63, 3.8) is 0 Å². The zero-order valence-corrected chi connectivity index (χ0v) is 11.8. The molecular formula is C15H23NO3. The summed E-state index contributed by atoms with van der Waals surface area (Å²) < 4.78 is 5.08. The summed E-state index contributed by atoms with van der Waals surface area (Å²) in [7, 11) is 0. The van der Waals surface area contributed by atoms with Gasteiger partial charge in [0.05, 0.1) is 12.7 Å². The normalized spacial score (nSPS) is 17.3. The molecule has 0 aliphatic heterocycles. The molecule has 0 saturated heterocycles. The van der Waals surface area contributed by atoms with Gasteiger partial charge in [-0.1, -0.05) is 37.3 Å². The van der Waals surface area contributed by atoms with E-state index in [2.05, 4.69) is 0 Å². The maximum absolute atomic E-state index is 12.2. The Kier molecular flexibility index (Phi) is 5.51. The van der Waals surface area contributed by atoms with Gasteiger partial charge in [0.2, 0.25) is 0 Å². The van der Waals surface area contributed by atoms with Gasteiger partial charge in [0.25, 0.3) is 0 Å². The van der Waals surface area contributed by atoms with E-state index in [0.29, 0.717) is 6.42 Å². The number of carbonyl (C=O) groups is 1. The molecule has 0 aliphatic carbocycles. The van der Waals surface area contributed by atoms with Crippen molar-refractivity contribution < 1.29 is 14.6 Å². The van der Waals surface area contributed by atoms with Gasteiger partial charge in [-0.05, 0) is 25.8 Å². The molecule has 0 unspecified atom stereocenters. The van der Waals surface area contributed by atoms with E-state index in [1.165, 1.54) is 0 Å². The Morgan fingerprint density at radius 3 is 2.37 bits per heavy atom. The van der Waals surface area contributed by atoms with Gasteiger partial charge in [0, 0.05) is 5.92 Å². The van der Waals surface area contributed by atoms with Crippen LogP contribution in [0.3, 0.4) is 0 Å². The molecule has 1 aromatic carbocycles. The third kappa shape index (κ3) is 3.33. The van der Waals surface area contributed by atoms with Crippen molar-refractivity contribution >= 4 is 5.97 Å². The quantitative estimate of drug-likeness (QED) is 0.770. The first-order chi connectivity index (χ1) is 8.97. The Balaban J connectivity index is 3.19. The highest BCUT2D eigenvalue weighted by molar-refractivity contribution is 5.82. The van der Waals surface area contributed by atoms with Crippen molar-refractivity contribution in [2.45, 2.75) is 44.8 Å². The van der Waals surface area contributed by atoms with Crippen molar-refractivity contribution in [1.29, 1.82) is 0 Å². The third-order valence-electron chi connectivity index (χ3n) is 3.44. The Morgan fingerprint density at radius 1 is 1.37 bits per heavy atom. The summed E-state index contributed by atoms with van der Waals surface area (Å²) in [5, 5.41) is 10.1. The van der Waals surface area contributed by atoms with Crippen LogP contribution >= 0.6 is 0 Å². The molecule has 0 saturated carbocycles. The predicted octanol–water partition coefficient (Wildman–Crippen LogP) is 1.82. The zero-order valence-electron chi connectivity index (χ0n) is 11.8. The van der Waals surface area contributed by atoms with Crippen LogP contribution in [0.25, 0.3) is 0 Å². The molecule has 1 aromatic rings. The maximum Gasteiger partial charge on any atom is 0.326 e. The number of esters is 1. The summed E-state index contributed by atoms with van der Waals surface area (Å²) in [5.74, 6) is -0.954. The number of hydrogen-bond donors (Lipinski definition) is 2. The van der Waals surface area contributed by atoms with E-state index in [0.717, 1.165) is 5.56 Å². The number of rotatable bonds is 6. The van der Waals surface area contributed by atoms with Crippen LogP contribution in [0.1, 0.15) is 38.7 Å². The highest BCUT2D eigenvalue weighted by Crippen LogP contribution is 2.33. The first-order valence-corrected chi connectivity index (χ1v) is 6.66. The molecule has 3 atom stereocenters. The molecule has 0 aromatic heterocycles. The lowest BCUT2D eigenvalue weighted by atomic mass is 9.75. The average Bonchev–Trinajstić information content (AvgIpc) is 2.39. The average molecular weight is 265 g/mol. The molecule has 4 heteroatoms. The number of ether oxygens (including phenoxy) is 1. The van der Waals surface area contributed by atoms with E-state index < -0.39 is 23.5 Å². The molecule has 0 fully saturated rings. The zero-order chi connectivity index (χ0) is 14.5. The van der Waals surface area contributed by atoms with Gasteiger partial charge in [0.15, 0.2) is 0 Å². The number of aliphatic hydroxyl groups is 1. The molecule has 0 bridgehead atoms. The summed E-state index contributed by atoms with van der Waals surface area (Å²) in [6, 6.07) is 9.36. The lowest BCUT2D eigenvalue weighted by Crippen LogP contribution is -2.56. The van der Waals surface area contributed by atoms with Gasteiger partial charge in [-0.15, -0.1) is 0 Å². The first-order valence-electron chi connectivity index (χ1n) is 6.66. The molecule has 19 heavy (non-hydrogen) atoms. The van der Waals surface area contributed by atoms with Crippen LogP contribution in [-0.4, -0.2) is 29.3 Å². The van der Waals surface area contributed by atoms with Crippen molar-refractivity contribution in [1.82, 2.24) is 0 Å². The minimum atomic E-state index is -1.22. The summed E-state index contributed by atoms with van der Waals surface area (Å²) in [5.41, 5.74) is 5.90. The molecule has 0 aliphatic rings. The van der Waals surface area contributed by atoms with Gasteiger partial charge in [-0.25, -0.2) is 0 Å². The Labute approximate surface area is 114 Å². The monoisotopic (exact) mass is 265 g/mol. The molecule has 106 valence electrons. The smallest absolute Gasteiger partial charge is 0.326 e. The van der Waals surface area contributed by atoms with Crippen LogP contribution in [0.15, 0.2) is 30.3 Å². The van der Waals surface area contributed by atoms with Crippen LogP contribution in [0.2, 0.25) is 0 Å². The summed E-state index contributed by atoms with van der Waals surface area (Å²) in [6.07, 6.45) is -0.340. The Bertz CT molecular complexity index is 405. The first kappa shape index (κ1) is 15.7. The van der Waals surface area contributed by atoms with E-state index in [-0.39, 0.29) is 6.61 Å². The van der Waals surface area contributed by atoms with Crippen LogP contribution < -0.4 is 5.73 Å². The minimum Gasteiger partial charge on any atom is -0.465 e. The lowest BCUT2D eigenvalue weighted by Gasteiger charge is -2.36. The second kappa shape index (κ2) is 6.68. The number of nitrogens with two attached hydrogens (primary N) is 1. The molecular weight excluding hydrogens is 242 g/mol. The second-order valence-electron chi connectivity index (χ2n) is 4.74. The number of carbonyl (C=O) groups excluding carboxylic acids is 1. The van der Waals surface area contributed by atoms with Gasteiger partial charge in [-0.2, -0.15) is 0 Å². The fourth-order valence-electron chi connectivity index (χ4n) is 2.42. The highest BCUT2D eigenvalue weighted by atomic mass is 16.5. The van der Waals surface area contributed by atoms with Gasteiger partial charge >= 0.3 is 5.97 Å². The van der Waals surface area contributed by atoms with Crippen molar-refractivity contribution in [3.05, 3.63) is 35.9 Å². The van der Waals surface area contributed by atoms with Crippen molar-refractivity contribution in [2.24, 2.45) is 5.73 Å². The minimum absolute atomic E-state index is 0.277. The van der Waals surface area contributed by atoms with E-state index >= 15 is 0 Å². The maximum atomic E-state index is 12.2. The summed E-state index contributed by atoms with van der Waals surface area (Å²) >= 11 is 0. The molecule has 0 spiro atoms. The van der Waals surface area contributed by atoms with Gasteiger partial charge in [-0.3, -0.25) is 4.79 Å². The molecule has 0 heterocycles. The topological polar surface area (TPSA) is 72.5 Å².